The zero-order valence-corrected chi connectivity index (χ0v) is 22.9. The zero-order valence-electron chi connectivity index (χ0n) is 19.7. The molecule has 6 rings (SSSR count). The van der Waals surface area contributed by atoms with Crippen molar-refractivity contribution in [2.75, 3.05) is 7.11 Å². The molecular formula is C29H20Br2N4O2. The highest BCUT2D eigenvalue weighted by molar-refractivity contribution is 9.10. The summed E-state index contributed by atoms with van der Waals surface area (Å²) < 4.78 is 15.4. The van der Waals surface area contributed by atoms with Gasteiger partial charge >= 0.3 is 0 Å². The van der Waals surface area contributed by atoms with Crippen molar-refractivity contribution in [3.63, 3.8) is 0 Å². The molecule has 6 aromatic rings. The number of nitrogens with zero attached hydrogens (tertiary/aromatic N) is 4. The minimum Gasteiger partial charge on any atom is -0.497 e. The fraction of sp³-hybridized carbons (Fsp3) is 0.0690. The fourth-order valence-electron chi connectivity index (χ4n) is 4.19. The van der Waals surface area contributed by atoms with Gasteiger partial charge in [-0.25, -0.2) is 9.67 Å². The molecule has 0 fully saturated rings. The van der Waals surface area contributed by atoms with E-state index >= 15 is 0 Å². The standard InChI is InChI=1S/C29H20Br2N4O2/c1-36-25-13-8-20-14-22(3-2-21(20)15-25)26-16-35(34-33-26)17-27-32-28(18-4-9-23(30)10-5-18)29(37-27)19-6-11-24(31)12-7-19/h2-16H,17H2,1H3. The van der Waals surface area contributed by atoms with Gasteiger partial charge in [-0.3, -0.25) is 0 Å². The van der Waals surface area contributed by atoms with Crippen LogP contribution in [0.4, 0.5) is 0 Å². The molecule has 2 aromatic heterocycles. The summed E-state index contributed by atoms with van der Waals surface area (Å²) in [5, 5.41) is 11.0. The third kappa shape index (κ3) is 4.95. The number of rotatable bonds is 6. The molecule has 0 bridgehead atoms. The van der Waals surface area contributed by atoms with Crippen LogP contribution in [0, 0.1) is 0 Å². The minimum atomic E-state index is 0.359. The van der Waals surface area contributed by atoms with E-state index in [1.54, 1.807) is 11.8 Å². The number of oxazole rings is 1. The Bertz CT molecular complexity index is 1640. The summed E-state index contributed by atoms with van der Waals surface area (Å²) >= 11 is 7.01. The highest BCUT2D eigenvalue weighted by Crippen LogP contribution is 2.34. The third-order valence-electron chi connectivity index (χ3n) is 6.07. The Labute approximate surface area is 230 Å². The molecule has 6 nitrogen and oxygen atoms in total. The lowest BCUT2D eigenvalue weighted by Gasteiger charge is -2.04. The Morgan fingerprint density at radius 2 is 1.43 bits per heavy atom. The molecule has 8 heteroatoms. The van der Waals surface area contributed by atoms with Crippen molar-refractivity contribution < 1.29 is 9.15 Å². The van der Waals surface area contributed by atoms with Gasteiger partial charge in [0, 0.05) is 25.6 Å². The van der Waals surface area contributed by atoms with Crippen molar-refractivity contribution >= 4 is 42.6 Å². The maximum atomic E-state index is 6.29. The van der Waals surface area contributed by atoms with Gasteiger partial charge in [0.15, 0.2) is 5.76 Å². The first kappa shape index (κ1) is 23.6. The number of hydrogen-bond acceptors (Lipinski definition) is 5. The van der Waals surface area contributed by atoms with E-state index in [1.165, 1.54) is 0 Å². The van der Waals surface area contributed by atoms with Crippen molar-refractivity contribution in [3.05, 3.63) is 106 Å². The molecule has 0 unspecified atom stereocenters. The van der Waals surface area contributed by atoms with Crippen molar-refractivity contribution in [3.8, 4) is 39.6 Å². The van der Waals surface area contributed by atoms with Crippen LogP contribution in [0.25, 0.3) is 44.6 Å². The Kier molecular flexibility index (Phi) is 6.36. The Hall–Kier alpha value is -3.75. The normalized spacial score (nSPS) is 11.2. The molecule has 0 saturated carbocycles. The second kappa shape index (κ2) is 9.95. The first-order chi connectivity index (χ1) is 18.1. The van der Waals surface area contributed by atoms with Gasteiger partial charge < -0.3 is 9.15 Å². The number of halogens is 2. The molecule has 0 radical (unpaired) electrons. The highest BCUT2D eigenvalue weighted by atomic mass is 79.9. The van der Waals surface area contributed by atoms with Gasteiger partial charge in [-0.05, 0) is 53.2 Å². The van der Waals surface area contributed by atoms with E-state index < -0.39 is 0 Å². The lowest BCUT2D eigenvalue weighted by Crippen LogP contribution is -2.00. The van der Waals surface area contributed by atoms with E-state index in [1.807, 2.05) is 79.0 Å². The van der Waals surface area contributed by atoms with Crippen LogP contribution < -0.4 is 4.74 Å². The van der Waals surface area contributed by atoms with Gasteiger partial charge in [0.1, 0.15) is 23.7 Å². The monoisotopic (exact) mass is 614 g/mol. The molecule has 0 atom stereocenters. The number of ether oxygens (including phenoxy) is 1. The summed E-state index contributed by atoms with van der Waals surface area (Å²) in [5.41, 5.74) is 4.48. The molecule has 0 spiro atoms. The van der Waals surface area contributed by atoms with Gasteiger partial charge in [-0.1, -0.05) is 79.5 Å². The topological polar surface area (TPSA) is 66.0 Å². The van der Waals surface area contributed by atoms with E-state index in [0.717, 1.165) is 59.3 Å². The highest BCUT2D eigenvalue weighted by Gasteiger charge is 2.18. The largest absolute Gasteiger partial charge is 0.497 e. The molecule has 0 aliphatic rings. The maximum Gasteiger partial charge on any atom is 0.217 e. The van der Waals surface area contributed by atoms with E-state index in [9.17, 15) is 0 Å². The molecule has 0 N–H and O–H groups in total. The number of fused-ring (bicyclic) bond motifs is 1. The molecule has 0 saturated heterocycles. The molecule has 2 heterocycles. The number of benzene rings is 4. The molecule has 0 aliphatic heterocycles. The average molecular weight is 616 g/mol. The Morgan fingerprint density at radius 1 is 0.784 bits per heavy atom. The van der Waals surface area contributed by atoms with Crippen LogP contribution in [0.5, 0.6) is 5.75 Å². The average Bonchev–Trinajstić information content (AvgIpc) is 3.57. The molecular weight excluding hydrogens is 596 g/mol. The van der Waals surface area contributed by atoms with Crippen LogP contribution in [0.15, 0.2) is 104 Å². The predicted octanol–water partition coefficient (Wildman–Crippen LogP) is 8.00. The molecule has 4 aromatic carbocycles. The first-order valence-electron chi connectivity index (χ1n) is 11.6. The van der Waals surface area contributed by atoms with E-state index in [2.05, 4.69) is 54.3 Å². The number of methoxy groups -OCH3 is 1. The summed E-state index contributed by atoms with van der Waals surface area (Å²) in [7, 11) is 1.67. The lowest BCUT2D eigenvalue weighted by atomic mass is 10.1. The lowest BCUT2D eigenvalue weighted by molar-refractivity contribution is 0.415. The minimum absolute atomic E-state index is 0.359. The van der Waals surface area contributed by atoms with E-state index in [-0.39, 0.29) is 0 Å². The quantitative estimate of drug-likeness (QED) is 0.190. The first-order valence-corrected chi connectivity index (χ1v) is 13.1. The van der Waals surface area contributed by atoms with Gasteiger partial charge in [0.05, 0.1) is 13.3 Å². The second-order valence-corrected chi connectivity index (χ2v) is 10.4. The number of aromatic nitrogens is 4. The molecule has 0 amide bonds. The summed E-state index contributed by atoms with van der Waals surface area (Å²) in [6, 6.07) is 28.3. The summed E-state index contributed by atoms with van der Waals surface area (Å²) in [5.74, 6) is 2.11. The van der Waals surface area contributed by atoms with Gasteiger partial charge in [-0.15, -0.1) is 5.10 Å². The van der Waals surface area contributed by atoms with Crippen LogP contribution in [0.2, 0.25) is 0 Å². The SMILES string of the molecule is COc1ccc2cc(-c3cn(Cc4nc(-c5ccc(Br)cc5)c(-c5ccc(Br)cc5)o4)nn3)ccc2c1. The molecule has 37 heavy (non-hydrogen) atoms. The third-order valence-corrected chi connectivity index (χ3v) is 7.13. The summed E-state index contributed by atoms with van der Waals surface area (Å²) in [6.07, 6.45) is 1.91. The summed E-state index contributed by atoms with van der Waals surface area (Å²) in [6.45, 7) is 0.359. The van der Waals surface area contributed by atoms with E-state index in [0.29, 0.717) is 12.4 Å². The zero-order chi connectivity index (χ0) is 25.4. The molecule has 0 aliphatic carbocycles. The van der Waals surface area contributed by atoms with E-state index in [4.69, 9.17) is 14.1 Å². The van der Waals surface area contributed by atoms with Crippen LogP contribution in [0.3, 0.4) is 0 Å². The van der Waals surface area contributed by atoms with Crippen molar-refractivity contribution in [2.45, 2.75) is 6.54 Å². The van der Waals surface area contributed by atoms with Crippen LogP contribution >= 0.6 is 31.9 Å². The molecule has 182 valence electrons. The number of hydrogen-bond donors (Lipinski definition) is 0. The smallest absolute Gasteiger partial charge is 0.217 e. The van der Waals surface area contributed by atoms with Crippen molar-refractivity contribution in [2.24, 2.45) is 0 Å². The fourth-order valence-corrected chi connectivity index (χ4v) is 4.72. The van der Waals surface area contributed by atoms with Crippen LogP contribution in [0.1, 0.15) is 5.89 Å². The maximum absolute atomic E-state index is 6.29. The Balaban J connectivity index is 1.32. The van der Waals surface area contributed by atoms with Gasteiger partial charge in [-0.2, -0.15) is 0 Å². The van der Waals surface area contributed by atoms with Crippen LogP contribution in [-0.4, -0.2) is 27.1 Å². The summed E-state index contributed by atoms with van der Waals surface area (Å²) in [4.78, 5) is 4.85. The van der Waals surface area contributed by atoms with Crippen molar-refractivity contribution in [1.82, 2.24) is 20.0 Å². The Morgan fingerprint density at radius 3 is 2.16 bits per heavy atom. The second-order valence-electron chi connectivity index (χ2n) is 8.53. The van der Waals surface area contributed by atoms with Gasteiger partial charge in [0.25, 0.3) is 0 Å². The van der Waals surface area contributed by atoms with Crippen LogP contribution in [-0.2, 0) is 6.54 Å². The van der Waals surface area contributed by atoms with Crippen molar-refractivity contribution in [1.29, 1.82) is 0 Å². The van der Waals surface area contributed by atoms with Gasteiger partial charge in [0.2, 0.25) is 5.89 Å². The predicted molar refractivity (Wildman–Crippen MR) is 151 cm³/mol.